The normalized spacial score (nSPS) is 39.8. The quantitative estimate of drug-likeness (QED) is 0.714. The fourth-order valence-electron chi connectivity index (χ4n) is 6.42. The molecule has 2 amide bonds. The molecular formula is C18H24N2O8. The predicted molar refractivity (Wildman–Crippen MR) is 91.4 cm³/mol. The third-order valence-electron chi connectivity index (χ3n) is 7.40. The summed E-state index contributed by atoms with van der Waals surface area (Å²) >= 11 is 0. The Labute approximate surface area is 161 Å². The van der Waals surface area contributed by atoms with Gasteiger partial charge in [0.25, 0.3) is 0 Å². The van der Waals surface area contributed by atoms with Crippen molar-refractivity contribution < 1.29 is 38.9 Å². The van der Waals surface area contributed by atoms with Crippen LogP contribution in [-0.4, -0.2) is 82.5 Å². The van der Waals surface area contributed by atoms with Crippen LogP contribution in [0.5, 0.6) is 0 Å². The van der Waals surface area contributed by atoms with Crippen LogP contribution in [0.3, 0.4) is 0 Å². The number of carbonyl (C=O) groups is 4. The van der Waals surface area contributed by atoms with E-state index < -0.39 is 58.9 Å². The van der Waals surface area contributed by atoms with E-state index in [1.165, 1.54) is 9.80 Å². The van der Waals surface area contributed by atoms with Crippen molar-refractivity contribution in [2.45, 2.75) is 38.8 Å². The van der Waals surface area contributed by atoms with Crippen LogP contribution in [-0.2, 0) is 19.1 Å². The molecular weight excluding hydrogens is 372 g/mol. The molecule has 6 bridgehead atoms. The lowest BCUT2D eigenvalue weighted by Gasteiger charge is -2.75. The minimum Gasteiger partial charge on any atom is -0.481 e. The van der Waals surface area contributed by atoms with Crippen molar-refractivity contribution in [1.29, 1.82) is 0 Å². The highest BCUT2D eigenvalue weighted by Crippen LogP contribution is 2.70. The molecule has 6 atom stereocenters. The number of carboxylic acids is 2. The summed E-state index contributed by atoms with van der Waals surface area (Å²) in [4.78, 5) is 52.6. The Hall–Kier alpha value is -2.52. The maximum atomic E-state index is 12.5. The Morgan fingerprint density at radius 1 is 0.821 bits per heavy atom. The van der Waals surface area contributed by atoms with Crippen molar-refractivity contribution in [2.75, 3.05) is 26.3 Å². The van der Waals surface area contributed by atoms with E-state index >= 15 is 0 Å². The highest BCUT2D eigenvalue weighted by atomic mass is 16.6. The average Bonchev–Trinajstić information content (AvgIpc) is 2.67. The van der Waals surface area contributed by atoms with E-state index in [0.29, 0.717) is 0 Å². The Kier molecular flexibility index (Phi) is 4.03. The van der Waals surface area contributed by atoms with Crippen LogP contribution in [0.4, 0.5) is 9.59 Å². The Morgan fingerprint density at radius 3 is 1.46 bits per heavy atom. The van der Waals surface area contributed by atoms with Gasteiger partial charge < -0.3 is 29.5 Å². The molecule has 7 rings (SSSR count). The van der Waals surface area contributed by atoms with Gasteiger partial charge in [0.1, 0.15) is 0 Å². The molecule has 7 aliphatic rings. The van der Waals surface area contributed by atoms with Gasteiger partial charge in [0.2, 0.25) is 0 Å². The number of rotatable bonds is 4. The molecule has 154 valence electrons. The lowest BCUT2D eigenvalue weighted by atomic mass is 9.36. The fraction of sp³-hybridized carbons (Fsp3) is 0.778. The van der Waals surface area contributed by atoms with Crippen molar-refractivity contribution in [1.82, 2.24) is 9.80 Å². The van der Waals surface area contributed by atoms with Gasteiger partial charge in [0.15, 0.2) is 0 Å². The molecule has 10 nitrogen and oxygen atoms in total. The second kappa shape index (κ2) is 5.99. The number of hydrogen-bond acceptors (Lipinski definition) is 6. The topological polar surface area (TPSA) is 134 Å². The standard InChI is InChI=1S/C18H24N2O8/c1-3-27-15(25)19-7-9-10-8-20(16(26)28-4-2)12-6-17(10,13(21)22)11(19)5-18(9,12)14(23)24/h9-12H,3-8H2,1-2H3,(H,21,22)(H,23,24). The van der Waals surface area contributed by atoms with Gasteiger partial charge in [-0.3, -0.25) is 9.59 Å². The van der Waals surface area contributed by atoms with Crippen molar-refractivity contribution in [2.24, 2.45) is 22.7 Å². The number of nitrogens with zero attached hydrogens (tertiary/aromatic N) is 2. The molecule has 7 fully saturated rings. The molecule has 0 aromatic carbocycles. The first kappa shape index (κ1) is 18.8. The minimum atomic E-state index is -1.28. The SMILES string of the molecule is CCOC(=O)N1CC2C3CN(C(=O)OCC)C4CC3(C(=O)O)C1CC24C(=O)O. The zero-order chi connectivity index (χ0) is 20.4. The van der Waals surface area contributed by atoms with Gasteiger partial charge in [-0.15, -0.1) is 0 Å². The molecule has 3 saturated carbocycles. The summed E-state index contributed by atoms with van der Waals surface area (Å²) in [6.45, 7) is 3.89. The summed E-state index contributed by atoms with van der Waals surface area (Å²) in [6.07, 6.45) is -1.23. The summed E-state index contributed by atoms with van der Waals surface area (Å²) in [5.41, 5.74) is -2.55. The van der Waals surface area contributed by atoms with E-state index in [-0.39, 0.29) is 39.1 Å². The largest absolute Gasteiger partial charge is 0.481 e. The fourth-order valence-corrected chi connectivity index (χ4v) is 6.42. The lowest BCUT2D eigenvalue weighted by Crippen LogP contribution is -2.86. The van der Waals surface area contributed by atoms with E-state index in [1.54, 1.807) is 13.8 Å². The van der Waals surface area contributed by atoms with Crippen LogP contribution < -0.4 is 0 Å². The monoisotopic (exact) mass is 396 g/mol. The molecule has 0 spiro atoms. The third kappa shape index (κ3) is 1.98. The molecule has 6 unspecified atom stereocenters. The van der Waals surface area contributed by atoms with Gasteiger partial charge in [-0.1, -0.05) is 0 Å². The number of carbonyl (C=O) groups excluding carboxylic acids is 2. The Bertz CT molecular complexity index is 694. The summed E-state index contributed by atoms with van der Waals surface area (Å²) in [5.74, 6) is -3.21. The van der Waals surface area contributed by atoms with E-state index in [9.17, 15) is 29.4 Å². The van der Waals surface area contributed by atoms with Gasteiger partial charge in [-0.05, 0) is 26.7 Å². The van der Waals surface area contributed by atoms with Crippen molar-refractivity contribution in [3.63, 3.8) is 0 Å². The second-order valence-corrected chi connectivity index (χ2v) is 8.05. The maximum absolute atomic E-state index is 12.5. The molecule has 0 aromatic heterocycles. The Balaban J connectivity index is 1.80. The van der Waals surface area contributed by atoms with Crippen LogP contribution in [0.1, 0.15) is 26.7 Å². The van der Waals surface area contributed by atoms with Crippen molar-refractivity contribution >= 4 is 24.1 Å². The smallest absolute Gasteiger partial charge is 0.410 e. The van der Waals surface area contributed by atoms with Crippen LogP contribution in [0, 0.1) is 22.7 Å². The van der Waals surface area contributed by atoms with Crippen molar-refractivity contribution in [3.05, 3.63) is 0 Å². The highest BCUT2D eigenvalue weighted by molar-refractivity contribution is 5.87. The molecule has 0 radical (unpaired) electrons. The van der Waals surface area contributed by atoms with Crippen LogP contribution in [0.15, 0.2) is 0 Å². The summed E-state index contributed by atoms with van der Waals surface area (Å²) in [6, 6.07) is -1.54. The first-order chi connectivity index (χ1) is 13.3. The molecule has 0 aromatic rings. The number of ether oxygens (including phenoxy) is 2. The van der Waals surface area contributed by atoms with E-state index in [0.717, 1.165) is 0 Å². The molecule has 4 saturated heterocycles. The number of fused-ring (bicyclic) bond motifs is 2. The molecule has 4 aliphatic heterocycles. The first-order valence-corrected chi connectivity index (χ1v) is 9.59. The van der Waals surface area contributed by atoms with Gasteiger partial charge >= 0.3 is 24.1 Å². The molecule has 2 N–H and O–H groups in total. The number of piperidine rings is 4. The maximum Gasteiger partial charge on any atom is 0.410 e. The van der Waals surface area contributed by atoms with Crippen LogP contribution >= 0.6 is 0 Å². The van der Waals surface area contributed by atoms with Gasteiger partial charge in [0, 0.05) is 24.9 Å². The zero-order valence-electron chi connectivity index (χ0n) is 15.8. The molecule has 10 heteroatoms. The lowest BCUT2D eigenvalue weighted by molar-refractivity contribution is -0.276. The number of aliphatic carboxylic acids is 2. The minimum absolute atomic E-state index is 0.00478. The second-order valence-electron chi connectivity index (χ2n) is 8.05. The molecule has 28 heavy (non-hydrogen) atoms. The molecule has 4 heterocycles. The van der Waals surface area contributed by atoms with Crippen LogP contribution in [0.2, 0.25) is 0 Å². The summed E-state index contributed by atoms with van der Waals surface area (Å²) < 4.78 is 10.2. The zero-order valence-corrected chi connectivity index (χ0v) is 15.8. The number of amides is 2. The predicted octanol–water partition coefficient (Wildman–Crippen LogP) is 0.850. The van der Waals surface area contributed by atoms with E-state index in [1.807, 2.05) is 0 Å². The Morgan fingerprint density at radius 2 is 1.18 bits per heavy atom. The summed E-state index contributed by atoms with van der Waals surface area (Å²) in [7, 11) is 0. The first-order valence-electron chi connectivity index (χ1n) is 9.59. The van der Waals surface area contributed by atoms with Gasteiger partial charge in [0.05, 0.1) is 36.1 Å². The third-order valence-corrected chi connectivity index (χ3v) is 7.40. The van der Waals surface area contributed by atoms with E-state index in [4.69, 9.17) is 9.47 Å². The molecule has 3 aliphatic carbocycles. The average molecular weight is 396 g/mol. The summed E-state index contributed by atoms with van der Waals surface area (Å²) in [5, 5.41) is 20.4. The van der Waals surface area contributed by atoms with Gasteiger partial charge in [-0.2, -0.15) is 0 Å². The van der Waals surface area contributed by atoms with Crippen molar-refractivity contribution in [3.8, 4) is 0 Å². The highest BCUT2D eigenvalue weighted by Gasteiger charge is 2.81. The van der Waals surface area contributed by atoms with Crippen LogP contribution in [0.25, 0.3) is 0 Å². The number of hydrogen-bond donors (Lipinski definition) is 2. The number of carboxylic acid groups (broad SMARTS) is 2. The van der Waals surface area contributed by atoms with E-state index in [2.05, 4.69) is 0 Å². The van der Waals surface area contributed by atoms with Gasteiger partial charge in [-0.25, -0.2) is 9.59 Å².